The maximum absolute atomic E-state index is 13.0. The van der Waals surface area contributed by atoms with Gasteiger partial charge in [-0.25, -0.2) is 4.39 Å². The Kier molecular flexibility index (Phi) is 5.76. The van der Waals surface area contributed by atoms with Gasteiger partial charge in [-0.2, -0.15) is 0 Å². The molecule has 2 unspecified atom stereocenters. The van der Waals surface area contributed by atoms with Gasteiger partial charge in [0.2, 0.25) is 0 Å². The van der Waals surface area contributed by atoms with E-state index in [-0.39, 0.29) is 17.9 Å². The first-order valence-electron chi connectivity index (χ1n) is 7.15. The van der Waals surface area contributed by atoms with Crippen LogP contribution in [-0.4, -0.2) is 11.2 Å². The van der Waals surface area contributed by atoms with Crippen LogP contribution in [0.3, 0.4) is 0 Å². The molecule has 0 spiro atoms. The van der Waals surface area contributed by atoms with Crippen molar-refractivity contribution in [1.29, 1.82) is 0 Å². The lowest BCUT2D eigenvalue weighted by atomic mass is 10.0. The number of halogens is 1. The molecule has 1 aromatic heterocycles. The summed E-state index contributed by atoms with van der Waals surface area (Å²) < 4.78 is 13.0. The Morgan fingerprint density at radius 3 is 2.43 bits per heavy atom. The number of hydrogen-bond acceptors (Lipinski definition) is 3. The molecule has 0 saturated heterocycles. The van der Waals surface area contributed by atoms with Crippen LogP contribution < -0.4 is 5.32 Å². The lowest BCUT2D eigenvalue weighted by Gasteiger charge is -2.22. The highest BCUT2D eigenvalue weighted by molar-refractivity contribution is 7.98. The number of rotatable bonds is 6. The van der Waals surface area contributed by atoms with Gasteiger partial charge in [-0.05, 0) is 49.4 Å². The Morgan fingerprint density at radius 1 is 1.19 bits per heavy atom. The Hall–Kier alpha value is -1.39. The third-order valence-corrected chi connectivity index (χ3v) is 4.33. The van der Waals surface area contributed by atoms with Crippen LogP contribution >= 0.6 is 11.8 Å². The molecule has 1 N–H and O–H groups in total. The number of pyridine rings is 1. The number of thioether (sulfide) groups is 1. The topological polar surface area (TPSA) is 24.9 Å². The highest BCUT2D eigenvalue weighted by atomic mass is 32.2. The van der Waals surface area contributed by atoms with Crippen molar-refractivity contribution in [2.24, 2.45) is 0 Å². The van der Waals surface area contributed by atoms with Gasteiger partial charge in [0.1, 0.15) is 5.82 Å². The van der Waals surface area contributed by atoms with Crippen LogP contribution in [0, 0.1) is 5.82 Å². The summed E-state index contributed by atoms with van der Waals surface area (Å²) in [5.74, 6) is -0.297. The molecule has 2 atom stereocenters. The standard InChI is InChI=1S/C17H21FN2S/c1-4-16(17-10-7-14(18)11-19-17)20-12(2)13-5-8-15(21-3)9-6-13/h5-12,16,20H,4H2,1-3H3. The number of hydrogen-bond donors (Lipinski definition) is 1. The van der Waals surface area contributed by atoms with Crippen molar-refractivity contribution < 1.29 is 4.39 Å². The number of nitrogens with zero attached hydrogens (tertiary/aromatic N) is 1. The molecule has 112 valence electrons. The maximum atomic E-state index is 13.0. The summed E-state index contributed by atoms with van der Waals surface area (Å²) in [4.78, 5) is 5.44. The van der Waals surface area contributed by atoms with E-state index in [0.717, 1.165) is 12.1 Å². The van der Waals surface area contributed by atoms with E-state index in [4.69, 9.17) is 0 Å². The third kappa shape index (κ3) is 4.29. The largest absolute Gasteiger partial charge is 0.302 e. The van der Waals surface area contributed by atoms with Gasteiger partial charge in [-0.3, -0.25) is 4.98 Å². The molecule has 0 amide bonds. The van der Waals surface area contributed by atoms with Gasteiger partial charge < -0.3 is 5.32 Å². The van der Waals surface area contributed by atoms with Crippen LogP contribution in [0.5, 0.6) is 0 Å². The zero-order valence-corrected chi connectivity index (χ0v) is 13.5. The summed E-state index contributed by atoms with van der Waals surface area (Å²) in [5.41, 5.74) is 2.12. The van der Waals surface area contributed by atoms with E-state index in [2.05, 4.69) is 54.7 Å². The summed E-state index contributed by atoms with van der Waals surface area (Å²) in [6, 6.07) is 12.1. The minimum absolute atomic E-state index is 0.126. The van der Waals surface area contributed by atoms with Crippen LogP contribution in [0.4, 0.5) is 4.39 Å². The molecule has 0 aliphatic carbocycles. The van der Waals surface area contributed by atoms with Gasteiger partial charge in [-0.1, -0.05) is 19.1 Å². The van der Waals surface area contributed by atoms with E-state index in [9.17, 15) is 4.39 Å². The van der Waals surface area contributed by atoms with E-state index in [1.54, 1.807) is 17.8 Å². The Balaban J connectivity index is 2.08. The highest BCUT2D eigenvalue weighted by Gasteiger charge is 2.15. The van der Waals surface area contributed by atoms with Crippen molar-refractivity contribution >= 4 is 11.8 Å². The molecular formula is C17H21FN2S. The molecule has 2 rings (SSSR count). The second kappa shape index (κ2) is 7.57. The zero-order chi connectivity index (χ0) is 15.2. The Bertz CT molecular complexity index is 554. The van der Waals surface area contributed by atoms with Gasteiger partial charge in [0.25, 0.3) is 0 Å². The Labute approximate surface area is 130 Å². The highest BCUT2D eigenvalue weighted by Crippen LogP contribution is 2.23. The van der Waals surface area contributed by atoms with E-state index < -0.39 is 0 Å². The Morgan fingerprint density at radius 2 is 1.90 bits per heavy atom. The number of benzene rings is 1. The molecule has 2 aromatic rings. The molecule has 0 aliphatic rings. The van der Waals surface area contributed by atoms with Crippen LogP contribution in [0.25, 0.3) is 0 Å². The molecule has 1 heterocycles. The lowest BCUT2D eigenvalue weighted by molar-refractivity contribution is 0.446. The zero-order valence-electron chi connectivity index (χ0n) is 12.6. The molecule has 0 radical (unpaired) electrons. The van der Waals surface area contributed by atoms with Gasteiger partial charge in [-0.15, -0.1) is 11.8 Å². The van der Waals surface area contributed by atoms with Gasteiger partial charge in [0.15, 0.2) is 0 Å². The van der Waals surface area contributed by atoms with Crippen molar-refractivity contribution in [3.63, 3.8) is 0 Å². The lowest BCUT2D eigenvalue weighted by Crippen LogP contribution is -2.25. The van der Waals surface area contributed by atoms with Crippen molar-refractivity contribution in [3.8, 4) is 0 Å². The molecule has 0 aliphatic heterocycles. The molecular weight excluding hydrogens is 283 g/mol. The first-order valence-corrected chi connectivity index (χ1v) is 8.38. The molecule has 0 fully saturated rings. The second-order valence-corrected chi connectivity index (χ2v) is 5.90. The predicted octanol–water partition coefficient (Wildman–Crippen LogP) is 4.74. The quantitative estimate of drug-likeness (QED) is 0.780. The van der Waals surface area contributed by atoms with Crippen LogP contribution in [0.2, 0.25) is 0 Å². The molecule has 4 heteroatoms. The van der Waals surface area contributed by atoms with E-state index in [1.165, 1.54) is 22.7 Å². The molecule has 0 bridgehead atoms. The van der Waals surface area contributed by atoms with Crippen molar-refractivity contribution in [3.05, 3.63) is 59.7 Å². The van der Waals surface area contributed by atoms with Crippen LogP contribution in [0.1, 0.15) is 43.6 Å². The smallest absolute Gasteiger partial charge is 0.141 e. The minimum Gasteiger partial charge on any atom is -0.302 e. The first-order chi connectivity index (χ1) is 10.1. The van der Waals surface area contributed by atoms with Crippen molar-refractivity contribution in [2.45, 2.75) is 37.2 Å². The van der Waals surface area contributed by atoms with Crippen molar-refractivity contribution in [1.82, 2.24) is 10.3 Å². The average Bonchev–Trinajstić information content (AvgIpc) is 2.53. The molecule has 21 heavy (non-hydrogen) atoms. The SMILES string of the molecule is CCC(NC(C)c1ccc(SC)cc1)c1ccc(F)cn1. The number of aromatic nitrogens is 1. The van der Waals surface area contributed by atoms with Crippen LogP contribution in [0.15, 0.2) is 47.5 Å². The molecule has 2 nitrogen and oxygen atoms in total. The minimum atomic E-state index is -0.297. The fourth-order valence-electron chi connectivity index (χ4n) is 2.30. The fourth-order valence-corrected chi connectivity index (χ4v) is 2.70. The van der Waals surface area contributed by atoms with E-state index >= 15 is 0 Å². The number of nitrogens with one attached hydrogen (secondary N) is 1. The summed E-state index contributed by atoms with van der Waals surface area (Å²) in [6.45, 7) is 4.24. The monoisotopic (exact) mass is 304 g/mol. The van der Waals surface area contributed by atoms with E-state index in [1.807, 2.05) is 0 Å². The van der Waals surface area contributed by atoms with Crippen molar-refractivity contribution in [2.75, 3.05) is 6.26 Å². The summed E-state index contributed by atoms with van der Waals surface area (Å²) >= 11 is 1.74. The van der Waals surface area contributed by atoms with Crippen LogP contribution in [-0.2, 0) is 0 Å². The first kappa shape index (κ1) is 16.0. The van der Waals surface area contributed by atoms with Gasteiger partial charge >= 0.3 is 0 Å². The molecule has 0 saturated carbocycles. The maximum Gasteiger partial charge on any atom is 0.141 e. The third-order valence-electron chi connectivity index (χ3n) is 3.58. The van der Waals surface area contributed by atoms with Gasteiger partial charge in [0, 0.05) is 17.0 Å². The fraction of sp³-hybridized carbons (Fsp3) is 0.353. The normalized spacial score (nSPS) is 13.9. The van der Waals surface area contributed by atoms with Gasteiger partial charge in [0.05, 0.1) is 11.9 Å². The van der Waals surface area contributed by atoms with E-state index in [0.29, 0.717) is 0 Å². The molecule has 1 aromatic carbocycles. The summed E-state index contributed by atoms with van der Waals surface area (Å²) in [7, 11) is 0. The predicted molar refractivity (Wildman–Crippen MR) is 87.0 cm³/mol. The average molecular weight is 304 g/mol. The summed E-state index contributed by atoms with van der Waals surface area (Å²) in [5, 5.41) is 3.56. The summed E-state index contributed by atoms with van der Waals surface area (Å²) in [6.07, 6.45) is 4.26. The second-order valence-electron chi connectivity index (χ2n) is 5.02.